The zero-order valence-electron chi connectivity index (χ0n) is 13.4. The van der Waals surface area contributed by atoms with Crippen molar-refractivity contribution in [2.45, 2.75) is 44.4 Å². The van der Waals surface area contributed by atoms with Crippen LogP contribution in [0.15, 0.2) is 42.9 Å². The zero-order valence-corrected chi connectivity index (χ0v) is 13.4. The summed E-state index contributed by atoms with van der Waals surface area (Å²) in [5, 5.41) is 2.71. The molecule has 0 aliphatic heterocycles. The first kappa shape index (κ1) is 13.2. The van der Waals surface area contributed by atoms with Gasteiger partial charge in [-0.3, -0.25) is 9.97 Å². The van der Waals surface area contributed by atoms with Gasteiger partial charge in [0.25, 0.3) is 0 Å². The molecule has 2 aliphatic rings. The Morgan fingerprint density at radius 3 is 2.74 bits per heavy atom. The fourth-order valence-electron chi connectivity index (χ4n) is 4.11. The Hall–Kier alpha value is -2.22. The second-order valence-corrected chi connectivity index (χ2v) is 7.14. The van der Waals surface area contributed by atoms with E-state index in [1.807, 2.05) is 18.5 Å². The summed E-state index contributed by atoms with van der Waals surface area (Å²) in [6, 6.07) is 8.98. The molecular weight excluding hydrogens is 280 g/mol. The highest BCUT2D eigenvalue weighted by atomic mass is 14.7. The van der Waals surface area contributed by atoms with Crippen molar-refractivity contribution in [2.24, 2.45) is 0 Å². The molecule has 1 unspecified atom stereocenters. The van der Waals surface area contributed by atoms with Gasteiger partial charge in [0, 0.05) is 35.6 Å². The average Bonchev–Trinajstić information content (AvgIpc) is 3.35. The van der Waals surface area contributed by atoms with E-state index in [0.717, 1.165) is 18.8 Å². The number of fused-ring (bicyclic) bond motifs is 2. The molecule has 1 fully saturated rings. The number of aryl methyl sites for hydroxylation is 1. The third-order valence-electron chi connectivity index (χ3n) is 5.60. The van der Waals surface area contributed by atoms with Crippen molar-refractivity contribution in [3.05, 3.63) is 70.8 Å². The molecule has 1 saturated carbocycles. The Bertz CT molecular complexity index is 895. The SMILES string of the molecule is Cc1c2c(cc3cnc(C4CC4)cc13)CC(c1cccnc1)C2. The Morgan fingerprint density at radius 1 is 1.04 bits per heavy atom. The summed E-state index contributed by atoms with van der Waals surface area (Å²) in [4.78, 5) is 9.00. The van der Waals surface area contributed by atoms with Crippen LogP contribution in [0.4, 0.5) is 0 Å². The van der Waals surface area contributed by atoms with Gasteiger partial charge < -0.3 is 0 Å². The van der Waals surface area contributed by atoms with Crippen molar-refractivity contribution in [3.8, 4) is 0 Å². The van der Waals surface area contributed by atoms with Crippen LogP contribution in [-0.4, -0.2) is 9.97 Å². The normalized spacial score (nSPS) is 20.0. The fraction of sp³-hybridized carbons (Fsp3) is 0.333. The quantitative estimate of drug-likeness (QED) is 0.685. The maximum atomic E-state index is 4.70. The summed E-state index contributed by atoms with van der Waals surface area (Å²) < 4.78 is 0. The smallest absolute Gasteiger partial charge is 0.0441 e. The first-order chi connectivity index (χ1) is 11.3. The van der Waals surface area contributed by atoms with Gasteiger partial charge in [0.1, 0.15) is 0 Å². The molecule has 2 heteroatoms. The first-order valence-corrected chi connectivity index (χ1v) is 8.60. The van der Waals surface area contributed by atoms with Crippen molar-refractivity contribution < 1.29 is 0 Å². The highest BCUT2D eigenvalue weighted by Gasteiger charge is 2.28. The van der Waals surface area contributed by atoms with E-state index in [4.69, 9.17) is 4.98 Å². The molecule has 0 saturated heterocycles. The predicted molar refractivity (Wildman–Crippen MR) is 92.8 cm³/mol. The van der Waals surface area contributed by atoms with E-state index >= 15 is 0 Å². The van der Waals surface area contributed by atoms with Crippen molar-refractivity contribution in [2.75, 3.05) is 0 Å². The van der Waals surface area contributed by atoms with Gasteiger partial charge in [-0.15, -0.1) is 0 Å². The number of pyridine rings is 2. The van der Waals surface area contributed by atoms with Gasteiger partial charge in [-0.1, -0.05) is 6.07 Å². The zero-order chi connectivity index (χ0) is 15.4. The van der Waals surface area contributed by atoms with Crippen LogP contribution in [0.5, 0.6) is 0 Å². The summed E-state index contributed by atoms with van der Waals surface area (Å²) in [6.45, 7) is 2.30. The van der Waals surface area contributed by atoms with Gasteiger partial charge in [-0.25, -0.2) is 0 Å². The lowest BCUT2D eigenvalue weighted by Crippen LogP contribution is -1.98. The van der Waals surface area contributed by atoms with Crippen LogP contribution in [0.1, 0.15) is 52.6 Å². The first-order valence-electron chi connectivity index (χ1n) is 8.60. The van der Waals surface area contributed by atoms with Crippen molar-refractivity contribution in [1.82, 2.24) is 9.97 Å². The summed E-state index contributed by atoms with van der Waals surface area (Å²) >= 11 is 0. The standard InChI is InChI=1S/C21H20N2/c1-13-19-9-16(15-3-2-6-22-11-15)7-17(19)8-18-12-23-21(10-20(13)18)14-4-5-14/h2-3,6,8,10-12,14,16H,4-5,7,9H2,1H3. The molecule has 5 rings (SSSR count). The summed E-state index contributed by atoms with van der Waals surface area (Å²) in [5.41, 5.74) is 7.18. The highest BCUT2D eigenvalue weighted by Crippen LogP contribution is 2.42. The summed E-state index contributed by atoms with van der Waals surface area (Å²) in [5.74, 6) is 1.29. The molecule has 0 spiro atoms. The number of hydrogen-bond donors (Lipinski definition) is 0. The van der Waals surface area contributed by atoms with E-state index in [1.54, 1.807) is 5.56 Å². The molecule has 2 heterocycles. The van der Waals surface area contributed by atoms with Crippen molar-refractivity contribution in [3.63, 3.8) is 0 Å². The lowest BCUT2D eigenvalue weighted by atomic mass is 9.96. The molecule has 2 nitrogen and oxygen atoms in total. The number of nitrogens with zero attached hydrogens (tertiary/aromatic N) is 2. The second-order valence-electron chi connectivity index (χ2n) is 7.14. The van der Waals surface area contributed by atoms with Crippen LogP contribution < -0.4 is 0 Å². The van der Waals surface area contributed by atoms with E-state index in [0.29, 0.717) is 5.92 Å². The molecule has 1 aromatic carbocycles. The lowest BCUT2D eigenvalue weighted by molar-refractivity contribution is 0.736. The summed E-state index contributed by atoms with van der Waals surface area (Å²) in [7, 11) is 0. The minimum absolute atomic E-state index is 0.574. The molecule has 0 radical (unpaired) electrons. The van der Waals surface area contributed by atoms with E-state index in [-0.39, 0.29) is 0 Å². The average molecular weight is 300 g/mol. The van der Waals surface area contributed by atoms with E-state index in [9.17, 15) is 0 Å². The van der Waals surface area contributed by atoms with Gasteiger partial charge in [-0.05, 0) is 84.4 Å². The minimum atomic E-state index is 0.574. The van der Waals surface area contributed by atoms with Crippen LogP contribution in [0.2, 0.25) is 0 Å². The minimum Gasteiger partial charge on any atom is -0.264 e. The van der Waals surface area contributed by atoms with Gasteiger partial charge in [0.05, 0.1) is 0 Å². The molecule has 23 heavy (non-hydrogen) atoms. The Morgan fingerprint density at radius 2 is 1.96 bits per heavy atom. The summed E-state index contributed by atoms with van der Waals surface area (Å²) in [6.07, 6.45) is 10.9. The molecule has 0 amide bonds. The third-order valence-corrected chi connectivity index (χ3v) is 5.60. The lowest BCUT2D eigenvalue weighted by Gasteiger charge is -2.10. The Kier molecular flexibility index (Phi) is 2.81. The van der Waals surface area contributed by atoms with E-state index < -0.39 is 0 Å². The molecule has 114 valence electrons. The maximum absolute atomic E-state index is 4.70. The van der Waals surface area contributed by atoms with Crippen molar-refractivity contribution >= 4 is 10.8 Å². The van der Waals surface area contributed by atoms with E-state index in [1.165, 1.54) is 46.0 Å². The fourth-order valence-corrected chi connectivity index (χ4v) is 4.11. The van der Waals surface area contributed by atoms with Gasteiger partial charge >= 0.3 is 0 Å². The number of rotatable bonds is 2. The van der Waals surface area contributed by atoms with Crippen LogP contribution in [0.3, 0.4) is 0 Å². The third kappa shape index (κ3) is 2.16. The van der Waals surface area contributed by atoms with Gasteiger partial charge in [-0.2, -0.15) is 0 Å². The maximum Gasteiger partial charge on any atom is 0.0441 e. The van der Waals surface area contributed by atoms with Gasteiger partial charge in [0.15, 0.2) is 0 Å². The Labute approximate surface area is 136 Å². The molecule has 2 aliphatic carbocycles. The number of benzene rings is 1. The molecule has 0 bridgehead atoms. The predicted octanol–water partition coefficient (Wildman–Crippen LogP) is 4.70. The molecule has 1 atom stereocenters. The van der Waals surface area contributed by atoms with Crippen LogP contribution in [0.25, 0.3) is 10.8 Å². The van der Waals surface area contributed by atoms with Crippen LogP contribution in [-0.2, 0) is 12.8 Å². The number of aromatic nitrogens is 2. The number of hydrogen-bond acceptors (Lipinski definition) is 2. The van der Waals surface area contributed by atoms with Gasteiger partial charge in [0.2, 0.25) is 0 Å². The molecule has 2 aromatic heterocycles. The topological polar surface area (TPSA) is 25.8 Å². The second kappa shape index (κ2) is 4.89. The monoisotopic (exact) mass is 300 g/mol. The molecular formula is C21H20N2. The largest absolute Gasteiger partial charge is 0.264 e. The highest BCUT2D eigenvalue weighted by molar-refractivity contribution is 5.88. The Balaban J connectivity index is 1.59. The molecule has 0 N–H and O–H groups in total. The van der Waals surface area contributed by atoms with E-state index in [2.05, 4.69) is 36.3 Å². The van der Waals surface area contributed by atoms with Crippen molar-refractivity contribution in [1.29, 1.82) is 0 Å². The van der Waals surface area contributed by atoms with Crippen LogP contribution >= 0.6 is 0 Å². The van der Waals surface area contributed by atoms with Crippen LogP contribution in [0, 0.1) is 6.92 Å². The molecule has 3 aromatic rings.